The minimum atomic E-state index is 0.0282. The van der Waals surface area contributed by atoms with Gasteiger partial charge < -0.3 is 15.0 Å². The van der Waals surface area contributed by atoms with Gasteiger partial charge in [0, 0.05) is 31.9 Å². The Morgan fingerprint density at radius 1 is 1.40 bits per heavy atom. The molecule has 2 heterocycles. The monoisotopic (exact) mass is 274 g/mol. The van der Waals surface area contributed by atoms with Gasteiger partial charge in [-0.15, -0.1) is 0 Å². The number of ether oxygens (including phenoxy) is 1. The molecule has 0 saturated carbocycles. The molecule has 1 aromatic carbocycles. The molecule has 0 radical (unpaired) electrons. The number of methoxy groups -OCH3 is 1. The molecule has 1 saturated heterocycles. The summed E-state index contributed by atoms with van der Waals surface area (Å²) in [7, 11) is 1.72. The Bertz CT molecular complexity index is 503. The molecular weight excluding hydrogens is 252 g/mol. The molecule has 4 heteroatoms. The summed E-state index contributed by atoms with van der Waals surface area (Å²) in [6, 6.07) is 8.44. The zero-order valence-corrected chi connectivity index (χ0v) is 12.1. The van der Waals surface area contributed by atoms with Gasteiger partial charge in [0.1, 0.15) is 0 Å². The maximum Gasteiger partial charge on any atom is 0.228 e. The van der Waals surface area contributed by atoms with E-state index in [9.17, 15) is 4.79 Å². The Kier molecular flexibility index (Phi) is 3.66. The summed E-state index contributed by atoms with van der Waals surface area (Å²) >= 11 is 0. The molecule has 1 N–H and O–H groups in total. The van der Waals surface area contributed by atoms with Crippen LogP contribution in [0.1, 0.15) is 18.9 Å². The average Bonchev–Trinajstić information content (AvgIpc) is 2.94. The Morgan fingerprint density at radius 3 is 2.95 bits per heavy atom. The molecule has 1 amide bonds. The summed E-state index contributed by atoms with van der Waals surface area (Å²) in [4.78, 5) is 14.7. The van der Waals surface area contributed by atoms with Gasteiger partial charge in [-0.3, -0.25) is 4.79 Å². The molecule has 2 aliphatic heterocycles. The van der Waals surface area contributed by atoms with Crippen molar-refractivity contribution in [1.82, 2.24) is 4.90 Å². The SMILES string of the molecule is COC1CCN(C(=O)C2Cc3ccccc3NC2C)C1. The van der Waals surface area contributed by atoms with Gasteiger partial charge in [0.15, 0.2) is 0 Å². The van der Waals surface area contributed by atoms with E-state index < -0.39 is 0 Å². The molecule has 3 rings (SSSR count). The number of rotatable bonds is 2. The molecule has 3 unspecified atom stereocenters. The third kappa shape index (κ3) is 2.40. The highest BCUT2D eigenvalue weighted by Crippen LogP contribution is 2.30. The van der Waals surface area contributed by atoms with E-state index in [2.05, 4.69) is 24.4 Å². The third-order valence-corrected chi connectivity index (χ3v) is 4.55. The van der Waals surface area contributed by atoms with Crippen LogP contribution in [0, 0.1) is 5.92 Å². The van der Waals surface area contributed by atoms with Crippen LogP contribution in [0.25, 0.3) is 0 Å². The molecule has 0 aliphatic carbocycles. The molecule has 108 valence electrons. The van der Waals surface area contributed by atoms with E-state index in [0.717, 1.165) is 25.9 Å². The molecule has 1 aromatic rings. The number of benzene rings is 1. The number of nitrogens with zero attached hydrogens (tertiary/aromatic N) is 1. The second-order valence-electron chi connectivity index (χ2n) is 5.83. The number of nitrogens with one attached hydrogen (secondary N) is 1. The summed E-state index contributed by atoms with van der Waals surface area (Å²) in [6.45, 7) is 3.66. The summed E-state index contributed by atoms with van der Waals surface area (Å²) in [5, 5.41) is 3.46. The molecule has 0 aromatic heterocycles. The Labute approximate surface area is 120 Å². The standard InChI is InChI=1S/C16H22N2O2/c1-11-14(9-12-5-3-4-6-15(12)17-11)16(19)18-8-7-13(10-18)20-2/h3-6,11,13-14,17H,7-10H2,1-2H3. The second kappa shape index (κ2) is 5.44. The van der Waals surface area contributed by atoms with Crippen LogP contribution < -0.4 is 5.32 Å². The van der Waals surface area contributed by atoms with Crippen molar-refractivity contribution in [3.8, 4) is 0 Å². The second-order valence-corrected chi connectivity index (χ2v) is 5.83. The van der Waals surface area contributed by atoms with Crippen molar-refractivity contribution in [3.05, 3.63) is 29.8 Å². The first-order valence-electron chi connectivity index (χ1n) is 7.35. The fourth-order valence-electron chi connectivity index (χ4n) is 3.26. The fraction of sp³-hybridized carbons (Fsp3) is 0.562. The van der Waals surface area contributed by atoms with Gasteiger partial charge in [-0.2, -0.15) is 0 Å². The number of amides is 1. The lowest BCUT2D eigenvalue weighted by molar-refractivity contribution is -0.135. The van der Waals surface area contributed by atoms with Crippen molar-refractivity contribution in [2.24, 2.45) is 5.92 Å². The molecule has 0 spiro atoms. The van der Waals surface area contributed by atoms with E-state index in [1.54, 1.807) is 7.11 Å². The van der Waals surface area contributed by atoms with E-state index in [-0.39, 0.29) is 24.0 Å². The Morgan fingerprint density at radius 2 is 2.20 bits per heavy atom. The first-order valence-corrected chi connectivity index (χ1v) is 7.35. The minimum absolute atomic E-state index is 0.0282. The Hall–Kier alpha value is -1.55. The summed E-state index contributed by atoms with van der Waals surface area (Å²) in [6.07, 6.45) is 1.99. The minimum Gasteiger partial charge on any atom is -0.382 e. The predicted octanol–water partition coefficient (Wildman–Crippen LogP) is 1.91. The van der Waals surface area contributed by atoms with Gasteiger partial charge in [-0.05, 0) is 31.4 Å². The highest BCUT2D eigenvalue weighted by molar-refractivity contribution is 5.82. The van der Waals surface area contributed by atoms with Crippen LogP contribution in [0.15, 0.2) is 24.3 Å². The number of carbonyl (C=O) groups is 1. The van der Waals surface area contributed by atoms with Gasteiger partial charge in [0.25, 0.3) is 0 Å². The number of carbonyl (C=O) groups excluding carboxylic acids is 1. The van der Waals surface area contributed by atoms with Gasteiger partial charge in [-0.25, -0.2) is 0 Å². The van der Waals surface area contributed by atoms with Gasteiger partial charge in [0.2, 0.25) is 5.91 Å². The first-order chi connectivity index (χ1) is 9.69. The van der Waals surface area contributed by atoms with Crippen LogP contribution >= 0.6 is 0 Å². The van der Waals surface area contributed by atoms with Crippen molar-refractivity contribution in [2.45, 2.75) is 31.9 Å². The van der Waals surface area contributed by atoms with E-state index in [1.807, 2.05) is 17.0 Å². The quantitative estimate of drug-likeness (QED) is 0.895. The van der Waals surface area contributed by atoms with Crippen LogP contribution in [0.4, 0.5) is 5.69 Å². The lowest BCUT2D eigenvalue weighted by Crippen LogP contribution is -2.45. The molecule has 3 atom stereocenters. The number of hydrogen-bond acceptors (Lipinski definition) is 3. The van der Waals surface area contributed by atoms with Crippen LogP contribution in [0.5, 0.6) is 0 Å². The molecule has 2 aliphatic rings. The van der Waals surface area contributed by atoms with Crippen molar-refractivity contribution in [2.75, 3.05) is 25.5 Å². The van der Waals surface area contributed by atoms with Gasteiger partial charge in [0.05, 0.1) is 12.0 Å². The smallest absolute Gasteiger partial charge is 0.228 e. The van der Waals surface area contributed by atoms with Crippen LogP contribution in [-0.4, -0.2) is 43.2 Å². The third-order valence-electron chi connectivity index (χ3n) is 4.55. The summed E-state index contributed by atoms with van der Waals surface area (Å²) in [5.41, 5.74) is 2.41. The van der Waals surface area contributed by atoms with E-state index in [0.29, 0.717) is 0 Å². The number of likely N-dealkylation sites (tertiary alicyclic amines) is 1. The molecule has 20 heavy (non-hydrogen) atoms. The number of fused-ring (bicyclic) bond motifs is 1. The van der Waals surface area contributed by atoms with E-state index in [1.165, 1.54) is 11.3 Å². The van der Waals surface area contributed by atoms with Crippen molar-refractivity contribution in [1.29, 1.82) is 0 Å². The van der Waals surface area contributed by atoms with Crippen LogP contribution in [0.3, 0.4) is 0 Å². The summed E-state index contributed by atoms with van der Waals surface area (Å²) in [5.74, 6) is 0.291. The van der Waals surface area contributed by atoms with Crippen molar-refractivity contribution in [3.63, 3.8) is 0 Å². The molecule has 1 fully saturated rings. The largest absolute Gasteiger partial charge is 0.382 e. The van der Waals surface area contributed by atoms with Gasteiger partial charge in [-0.1, -0.05) is 18.2 Å². The highest BCUT2D eigenvalue weighted by atomic mass is 16.5. The number of para-hydroxylation sites is 1. The van der Waals surface area contributed by atoms with E-state index >= 15 is 0 Å². The average molecular weight is 274 g/mol. The van der Waals surface area contributed by atoms with Crippen LogP contribution in [0.2, 0.25) is 0 Å². The van der Waals surface area contributed by atoms with E-state index in [4.69, 9.17) is 4.74 Å². The topological polar surface area (TPSA) is 41.6 Å². The van der Waals surface area contributed by atoms with Crippen molar-refractivity contribution < 1.29 is 9.53 Å². The molecule has 0 bridgehead atoms. The first kappa shape index (κ1) is 13.4. The van der Waals surface area contributed by atoms with Gasteiger partial charge >= 0.3 is 0 Å². The zero-order chi connectivity index (χ0) is 14.1. The van der Waals surface area contributed by atoms with Crippen molar-refractivity contribution >= 4 is 11.6 Å². The predicted molar refractivity (Wildman–Crippen MR) is 78.7 cm³/mol. The molecule has 4 nitrogen and oxygen atoms in total. The zero-order valence-electron chi connectivity index (χ0n) is 12.1. The Balaban J connectivity index is 1.73. The normalized spacial score (nSPS) is 28.9. The molecular formula is C16H22N2O2. The maximum atomic E-state index is 12.7. The fourth-order valence-corrected chi connectivity index (χ4v) is 3.26. The van der Waals surface area contributed by atoms with Crippen LogP contribution in [-0.2, 0) is 16.0 Å². The number of hydrogen-bond donors (Lipinski definition) is 1. The lowest BCUT2D eigenvalue weighted by atomic mass is 9.87. The maximum absolute atomic E-state index is 12.7. The number of anilines is 1. The lowest BCUT2D eigenvalue weighted by Gasteiger charge is -2.34. The summed E-state index contributed by atoms with van der Waals surface area (Å²) < 4.78 is 5.35. The highest BCUT2D eigenvalue weighted by Gasteiger charge is 2.36.